The van der Waals surface area contributed by atoms with Gasteiger partial charge < -0.3 is 19.2 Å². The third-order valence-corrected chi connectivity index (χ3v) is 5.67. The number of carbonyl (C=O) groups excluding carboxylic acids is 1. The Morgan fingerprint density at radius 3 is 2.52 bits per heavy atom. The molecule has 1 saturated heterocycles. The Labute approximate surface area is 184 Å². The van der Waals surface area contributed by atoms with Crippen LogP contribution < -0.4 is 5.63 Å². The molecule has 0 spiro atoms. The topological polar surface area (TPSA) is 83.2 Å². The van der Waals surface area contributed by atoms with Crippen molar-refractivity contribution < 1.29 is 19.1 Å². The van der Waals surface area contributed by atoms with Crippen LogP contribution in [0.15, 0.2) is 51.7 Å². The summed E-state index contributed by atoms with van der Waals surface area (Å²) in [6.07, 6.45) is -0.309. The van der Waals surface area contributed by atoms with Gasteiger partial charge in [0.1, 0.15) is 11.3 Å². The molecule has 0 aliphatic carbocycles. The molecule has 1 aromatic heterocycles. The van der Waals surface area contributed by atoms with Crippen LogP contribution in [0.2, 0.25) is 5.02 Å². The molecule has 0 saturated carbocycles. The van der Waals surface area contributed by atoms with E-state index < -0.39 is 5.63 Å². The summed E-state index contributed by atoms with van der Waals surface area (Å²) >= 11 is 5.94. The molecule has 0 unspecified atom stereocenters. The highest BCUT2D eigenvalue weighted by atomic mass is 35.5. The minimum atomic E-state index is -0.478. The zero-order valence-corrected chi connectivity index (χ0v) is 17.9. The molecular weight excluding hydrogens is 420 g/mol. The van der Waals surface area contributed by atoms with Crippen LogP contribution in [0.4, 0.5) is 4.79 Å². The standard InChI is InChI=1S/C23H23ClN2O5/c1-2-30-23(29)26-11-9-25(10-12-26)14-19-20(27)8-5-16-13-18(22(28)31-21(16)19)15-3-6-17(24)7-4-15/h3-8,13,27H,2,9-12,14H2,1H3. The summed E-state index contributed by atoms with van der Waals surface area (Å²) in [5.41, 5.74) is 1.60. The molecule has 1 aliphatic rings. The van der Waals surface area contributed by atoms with Gasteiger partial charge in [0.15, 0.2) is 0 Å². The largest absolute Gasteiger partial charge is 0.507 e. The van der Waals surface area contributed by atoms with Gasteiger partial charge in [-0.2, -0.15) is 0 Å². The van der Waals surface area contributed by atoms with E-state index in [-0.39, 0.29) is 11.8 Å². The molecule has 0 radical (unpaired) electrons. The minimum absolute atomic E-state index is 0.0720. The van der Waals surface area contributed by atoms with Crippen LogP contribution in [-0.4, -0.2) is 53.8 Å². The van der Waals surface area contributed by atoms with Crippen molar-refractivity contribution in [1.82, 2.24) is 9.80 Å². The van der Waals surface area contributed by atoms with E-state index in [4.69, 9.17) is 20.8 Å². The van der Waals surface area contributed by atoms with Crippen LogP contribution in [0.25, 0.3) is 22.1 Å². The lowest BCUT2D eigenvalue weighted by Crippen LogP contribution is -2.48. The second-order valence-corrected chi connectivity index (χ2v) is 7.83. The van der Waals surface area contributed by atoms with Crippen molar-refractivity contribution in [2.75, 3.05) is 32.8 Å². The van der Waals surface area contributed by atoms with E-state index in [1.54, 1.807) is 54.3 Å². The number of carbonyl (C=O) groups is 1. The second-order valence-electron chi connectivity index (χ2n) is 7.40. The fourth-order valence-electron chi connectivity index (χ4n) is 3.74. The summed E-state index contributed by atoms with van der Waals surface area (Å²) in [6.45, 7) is 4.86. The van der Waals surface area contributed by atoms with Crippen LogP contribution in [0, 0.1) is 0 Å². The molecule has 2 heterocycles. The first-order valence-corrected chi connectivity index (χ1v) is 10.5. The Hall–Kier alpha value is -3.03. The summed E-state index contributed by atoms with van der Waals surface area (Å²) in [6, 6.07) is 12.1. The van der Waals surface area contributed by atoms with Gasteiger partial charge in [-0.05, 0) is 42.8 Å². The van der Waals surface area contributed by atoms with Gasteiger partial charge in [-0.3, -0.25) is 4.90 Å². The van der Waals surface area contributed by atoms with Gasteiger partial charge in [0.05, 0.1) is 17.7 Å². The summed E-state index contributed by atoms with van der Waals surface area (Å²) in [5, 5.41) is 11.8. The van der Waals surface area contributed by atoms with Crippen LogP contribution in [0.1, 0.15) is 12.5 Å². The Morgan fingerprint density at radius 2 is 1.84 bits per heavy atom. The fourth-order valence-corrected chi connectivity index (χ4v) is 3.87. The van der Waals surface area contributed by atoms with E-state index in [1.807, 2.05) is 0 Å². The molecule has 1 N–H and O–H groups in total. The number of halogens is 1. The molecule has 0 atom stereocenters. The third-order valence-electron chi connectivity index (χ3n) is 5.42. The predicted molar refractivity (Wildman–Crippen MR) is 118 cm³/mol. The van der Waals surface area contributed by atoms with Crippen LogP contribution in [-0.2, 0) is 11.3 Å². The molecule has 7 nitrogen and oxygen atoms in total. The number of nitrogens with zero attached hydrogens (tertiary/aromatic N) is 2. The van der Waals surface area contributed by atoms with Crippen molar-refractivity contribution in [1.29, 1.82) is 0 Å². The first-order valence-electron chi connectivity index (χ1n) is 10.1. The van der Waals surface area contributed by atoms with Gasteiger partial charge in [-0.1, -0.05) is 23.7 Å². The lowest BCUT2D eigenvalue weighted by atomic mass is 10.0. The van der Waals surface area contributed by atoms with E-state index in [0.29, 0.717) is 66.6 Å². The number of phenols is 1. The molecule has 162 valence electrons. The molecule has 31 heavy (non-hydrogen) atoms. The molecule has 1 amide bonds. The molecule has 2 aromatic carbocycles. The summed E-state index contributed by atoms with van der Waals surface area (Å²) in [4.78, 5) is 28.4. The maximum Gasteiger partial charge on any atom is 0.409 e. The number of rotatable bonds is 4. The Kier molecular flexibility index (Phi) is 6.15. The maximum atomic E-state index is 12.7. The highest BCUT2D eigenvalue weighted by Crippen LogP contribution is 2.30. The molecule has 1 fully saturated rings. The van der Waals surface area contributed by atoms with Gasteiger partial charge in [-0.15, -0.1) is 0 Å². The van der Waals surface area contributed by atoms with Crippen molar-refractivity contribution >= 4 is 28.7 Å². The zero-order valence-electron chi connectivity index (χ0n) is 17.1. The van der Waals surface area contributed by atoms with Crippen LogP contribution in [0.5, 0.6) is 5.75 Å². The molecular formula is C23H23ClN2O5. The number of hydrogen-bond donors (Lipinski definition) is 1. The highest BCUT2D eigenvalue weighted by Gasteiger charge is 2.24. The zero-order chi connectivity index (χ0) is 22.0. The van der Waals surface area contributed by atoms with Gasteiger partial charge in [0.2, 0.25) is 0 Å². The summed E-state index contributed by atoms with van der Waals surface area (Å²) < 4.78 is 10.7. The second kappa shape index (κ2) is 8.99. The average molecular weight is 443 g/mol. The number of phenolic OH excluding ortho intramolecular Hbond substituents is 1. The van der Waals surface area contributed by atoms with Gasteiger partial charge >= 0.3 is 11.7 Å². The minimum Gasteiger partial charge on any atom is -0.507 e. The summed E-state index contributed by atoms with van der Waals surface area (Å²) in [5.74, 6) is 0.0720. The van der Waals surface area contributed by atoms with E-state index in [0.717, 1.165) is 5.39 Å². The molecule has 3 aromatic rings. The number of fused-ring (bicyclic) bond motifs is 1. The molecule has 1 aliphatic heterocycles. The van der Waals surface area contributed by atoms with E-state index in [2.05, 4.69) is 4.90 Å². The fraction of sp³-hybridized carbons (Fsp3) is 0.304. The van der Waals surface area contributed by atoms with E-state index in [1.165, 1.54) is 0 Å². The first-order chi connectivity index (χ1) is 15.0. The SMILES string of the molecule is CCOC(=O)N1CCN(Cc2c(O)ccc3cc(-c4ccc(Cl)cc4)c(=O)oc23)CC1. The van der Waals surface area contributed by atoms with E-state index >= 15 is 0 Å². The molecule has 0 bridgehead atoms. The number of amides is 1. The predicted octanol–water partition coefficient (Wildman–Crippen LogP) is 4.09. The lowest BCUT2D eigenvalue weighted by Gasteiger charge is -2.34. The van der Waals surface area contributed by atoms with Crippen molar-refractivity contribution in [2.45, 2.75) is 13.5 Å². The van der Waals surface area contributed by atoms with Gasteiger partial charge in [0.25, 0.3) is 0 Å². The number of benzene rings is 2. The normalized spacial score (nSPS) is 14.7. The smallest absolute Gasteiger partial charge is 0.409 e. The Bertz CT molecular complexity index is 1150. The third kappa shape index (κ3) is 4.52. The summed E-state index contributed by atoms with van der Waals surface area (Å²) in [7, 11) is 0. The number of aromatic hydroxyl groups is 1. The Morgan fingerprint density at radius 1 is 1.13 bits per heavy atom. The van der Waals surface area contributed by atoms with Crippen molar-refractivity contribution in [2.24, 2.45) is 0 Å². The van der Waals surface area contributed by atoms with Crippen molar-refractivity contribution in [3.63, 3.8) is 0 Å². The first kappa shape index (κ1) is 21.2. The van der Waals surface area contributed by atoms with Crippen LogP contribution in [0.3, 0.4) is 0 Å². The van der Waals surface area contributed by atoms with Crippen molar-refractivity contribution in [3.05, 3.63) is 63.5 Å². The monoisotopic (exact) mass is 442 g/mol. The van der Waals surface area contributed by atoms with Gasteiger partial charge in [-0.25, -0.2) is 9.59 Å². The molecule has 8 heteroatoms. The van der Waals surface area contributed by atoms with Crippen molar-refractivity contribution in [3.8, 4) is 16.9 Å². The maximum absolute atomic E-state index is 12.7. The number of piperazine rings is 1. The number of ether oxygens (including phenoxy) is 1. The quantitative estimate of drug-likeness (QED) is 0.612. The molecule has 4 rings (SSSR count). The van der Waals surface area contributed by atoms with Crippen LogP contribution >= 0.6 is 11.6 Å². The van der Waals surface area contributed by atoms with Gasteiger partial charge in [0, 0.05) is 43.1 Å². The lowest BCUT2D eigenvalue weighted by molar-refractivity contribution is 0.0776. The highest BCUT2D eigenvalue weighted by molar-refractivity contribution is 6.30. The number of hydrogen-bond acceptors (Lipinski definition) is 6. The average Bonchev–Trinajstić information content (AvgIpc) is 2.77. The van der Waals surface area contributed by atoms with E-state index in [9.17, 15) is 14.7 Å². The Balaban J connectivity index is 1.59.